The van der Waals surface area contributed by atoms with Gasteiger partial charge in [0.1, 0.15) is 6.10 Å². The molecule has 1 aromatic carbocycles. The summed E-state index contributed by atoms with van der Waals surface area (Å²) in [6, 6.07) is 4.16. The van der Waals surface area contributed by atoms with Crippen molar-refractivity contribution in [1.29, 1.82) is 0 Å². The van der Waals surface area contributed by atoms with E-state index in [1.165, 1.54) is 11.1 Å². The molecule has 5 nitrogen and oxygen atoms in total. The second kappa shape index (κ2) is 5.26. The number of methoxy groups -OCH3 is 1. The second-order valence-electron chi connectivity index (χ2n) is 6.43. The summed E-state index contributed by atoms with van der Waals surface area (Å²) in [5, 5.41) is 9.97. The molecule has 0 saturated carbocycles. The van der Waals surface area contributed by atoms with Crippen molar-refractivity contribution < 1.29 is 20.1 Å². The van der Waals surface area contributed by atoms with Gasteiger partial charge in [-0.1, -0.05) is 18.2 Å². The minimum atomic E-state index is -0.412. The Morgan fingerprint density at radius 3 is 3.00 bits per heavy atom. The first-order valence-corrected chi connectivity index (χ1v) is 7.57. The molecule has 120 valence electrons. The van der Waals surface area contributed by atoms with Gasteiger partial charge in [0.25, 0.3) is 0 Å². The Bertz CT molecular complexity index is 615. The summed E-state index contributed by atoms with van der Waals surface area (Å²) in [6.07, 6.45) is 5.38. The molecule has 5 heteroatoms. The monoisotopic (exact) mass is 305 g/mol. The van der Waals surface area contributed by atoms with E-state index < -0.39 is 6.10 Å². The molecule has 0 amide bonds. The topological polar surface area (TPSA) is 73.4 Å². The number of ether oxygens (including phenoxy) is 2. The zero-order valence-electron chi connectivity index (χ0n) is 13.0. The number of nitrogens with zero attached hydrogens (tertiary/aromatic N) is 1. The van der Waals surface area contributed by atoms with Gasteiger partial charge in [-0.2, -0.15) is 0 Å². The van der Waals surface area contributed by atoms with Gasteiger partial charge in [0.15, 0.2) is 11.5 Å². The van der Waals surface area contributed by atoms with Crippen LogP contribution in [0.1, 0.15) is 24.0 Å². The molecule has 1 aromatic rings. The first-order valence-electron chi connectivity index (χ1n) is 7.57. The highest BCUT2D eigenvalue weighted by Crippen LogP contribution is 2.55. The molecule has 0 fully saturated rings. The van der Waals surface area contributed by atoms with Gasteiger partial charge < -0.3 is 25.0 Å². The first-order chi connectivity index (χ1) is 10.1. The Morgan fingerprint density at radius 1 is 1.41 bits per heavy atom. The summed E-state index contributed by atoms with van der Waals surface area (Å²) in [5.74, 6) is 1.68. The molecule has 3 aliphatic rings. The number of hydrogen-bond donors (Lipinski definition) is 1. The fraction of sp³-hybridized carbons (Fsp3) is 0.529. The minimum Gasteiger partial charge on any atom is -0.493 e. The van der Waals surface area contributed by atoms with Crippen molar-refractivity contribution in [2.75, 3.05) is 20.7 Å². The van der Waals surface area contributed by atoms with Crippen LogP contribution in [0.15, 0.2) is 24.3 Å². The summed E-state index contributed by atoms with van der Waals surface area (Å²) in [7, 11) is 3.84. The molecule has 22 heavy (non-hydrogen) atoms. The Kier molecular flexibility index (Phi) is 3.67. The summed E-state index contributed by atoms with van der Waals surface area (Å²) >= 11 is 0. The van der Waals surface area contributed by atoms with E-state index >= 15 is 0 Å². The van der Waals surface area contributed by atoms with Gasteiger partial charge in [-0.15, -0.1) is 0 Å². The van der Waals surface area contributed by atoms with Gasteiger partial charge >= 0.3 is 0 Å². The lowest BCUT2D eigenvalue weighted by atomic mass is 9.69. The third-order valence-electron chi connectivity index (χ3n) is 5.15. The van der Waals surface area contributed by atoms with Crippen LogP contribution in [-0.4, -0.2) is 48.4 Å². The first kappa shape index (κ1) is 15.3. The molecular weight excluding hydrogens is 282 g/mol. The molecular formula is C17H23NO4. The van der Waals surface area contributed by atoms with Crippen LogP contribution in [0.5, 0.6) is 11.5 Å². The highest BCUT2D eigenvalue weighted by Gasteiger charge is 2.52. The Morgan fingerprint density at radius 2 is 2.23 bits per heavy atom. The number of hydrogen-bond acceptors (Lipinski definition) is 4. The van der Waals surface area contributed by atoms with Crippen LogP contribution in [0.3, 0.4) is 0 Å². The van der Waals surface area contributed by atoms with E-state index in [4.69, 9.17) is 9.47 Å². The van der Waals surface area contributed by atoms with Gasteiger partial charge in [-0.3, -0.25) is 0 Å². The van der Waals surface area contributed by atoms with Crippen LogP contribution in [0.25, 0.3) is 0 Å². The Labute approximate surface area is 130 Å². The van der Waals surface area contributed by atoms with E-state index in [0.29, 0.717) is 6.42 Å². The molecule has 0 saturated heterocycles. The summed E-state index contributed by atoms with van der Waals surface area (Å²) < 4.78 is 11.8. The number of aliphatic hydroxyl groups is 1. The van der Waals surface area contributed by atoms with E-state index in [1.807, 2.05) is 12.1 Å². The van der Waals surface area contributed by atoms with Crippen LogP contribution in [0, 0.1) is 0 Å². The Balaban J connectivity index is 0.00000144. The molecule has 0 bridgehead atoms. The molecule has 0 radical (unpaired) electrons. The summed E-state index contributed by atoms with van der Waals surface area (Å²) in [5.41, 5.74) is 2.48. The highest BCUT2D eigenvalue weighted by atomic mass is 16.5. The van der Waals surface area contributed by atoms with E-state index in [1.54, 1.807) is 7.11 Å². The van der Waals surface area contributed by atoms with E-state index in [2.05, 4.69) is 24.1 Å². The zero-order valence-corrected chi connectivity index (χ0v) is 13.0. The quantitative estimate of drug-likeness (QED) is 0.786. The van der Waals surface area contributed by atoms with E-state index in [9.17, 15) is 5.11 Å². The van der Waals surface area contributed by atoms with Crippen LogP contribution >= 0.6 is 0 Å². The normalized spacial score (nSPS) is 32.3. The molecule has 3 N–H and O–H groups in total. The zero-order chi connectivity index (χ0) is 14.6. The molecule has 2 aliphatic heterocycles. The van der Waals surface area contributed by atoms with Gasteiger partial charge in [-0.05, 0) is 31.6 Å². The van der Waals surface area contributed by atoms with Crippen LogP contribution in [0.4, 0.5) is 0 Å². The van der Waals surface area contributed by atoms with Crippen molar-refractivity contribution in [2.24, 2.45) is 0 Å². The third-order valence-corrected chi connectivity index (χ3v) is 5.15. The predicted octanol–water partition coefficient (Wildman–Crippen LogP) is 1.03. The third kappa shape index (κ3) is 1.96. The maximum atomic E-state index is 9.97. The highest BCUT2D eigenvalue weighted by molar-refractivity contribution is 5.60. The standard InChI is InChI=1S/C17H21NO3.H2O/c1-18-8-7-17-6-5-12(19)9-14(17)21-16-13(20-2)4-3-11(10-18)15(16)17;/h3-6,12,14,19H,7-10H2,1-2H3;1H2/t12-,14?,17+;/m0./s1. The van der Waals surface area contributed by atoms with Crippen molar-refractivity contribution in [1.82, 2.24) is 4.90 Å². The lowest BCUT2D eigenvalue weighted by molar-refractivity contribution is 0.0821. The SMILES string of the molecule is COc1ccc2c3c1OC1C[C@@H](O)C=C[C@]31CCN(C)C2.O. The maximum Gasteiger partial charge on any atom is 0.166 e. The maximum absolute atomic E-state index is 9.97. The van der Waals surface area contributed by atoms with Crippen molar-refractivity contribution in [3.8, 4) is 11.5 Å². The Hall–Kier alpha value is -1.56. The van der Waals surface area contributed by atoms with Crippen molar-refractivity contribution in [3.05, 3.63) is 35.4 Å². The largest absolute Gasteiger partial charge is 0.493 e. The molecule has 1 unspecified atom stereocenters. The fourth-order valence-corrected chi connectivity index (χ4v) is 4.08. The molecule has 1 aliphatic carbocycles. The van der Waals surface area contributed by atoms with Crippen molar-refractivity contribution in [2.45, 2.75) is 37.0 Å². The average molecular weight is 305 g/mol. The molecule has 0 aromatic heterocycles. The molecule has 1 spiro atoms. The number of benzene rings is 1. The lowest BCUT2D eigenvalue weighted by Gasteiger charge is -2.35. The van der Waals surface area contributed by atoms with Gasteiger partial charge in [0, 0.05) is 18.5 Å². The molecule has 2 heterocycles. The summed E-state index contributed by atoms with van der Waals surface area (Å²) in [4.78, 5) is 2.35. The van der Waals surface area contributed by atoms with E-state index in [-0.39, 0.29) is 17.0 Å². The molecule has 3 atom stereocenters. The van der Waals surface area contributed by atoms with Gasteiger partial charge in [0.05, 0.1) is 18.6 Å². The number of rotatable bonds is 1. The molecule has 4 rings (SSSR count). The second-order valence-corrected chi connectivity index (χ2v) is 6.43. The van der Waals surface area contributed by atoms with Gasteiger partial charge in [-0.25, -0.2) is 0 Å². The average Bonchev–Trinajstić information content (AvgIpc) is 2.72. The van der Waals surface area contributed by atoms with Crippen LogP contribution in [0.2, 0.25) is 0 Å². The van der Waals surface area contributed by atoms with Crippen LogP contribution in [-0.2, 0) is 12.0 Å². The fourth-order valence-electron chi connectivity index (χ4n) is 4.08. The minimum absolute atomic E-state index is 0. The predicted molar refractivity (Wildman–Crippen MR) is 83.4 cm³/mol. The van der Waals surface area contributed by atoms with Gasteiger partial charge in [0.2, 0.25) is 0 Å². The van der Waals surface area contributed by atoms with Crippen molar-refractivity contribution >= 4 is 0 Å². The van der Waals surface area contributed by atoms with E-state index in [0.717, 1.165) is 31.0 Å². The lowest BCUT2D eigenvalue weighted by Crippen LogP contribution is -2.42. The van der Waals surface area contributed by atoms with Crippen LogP contribution < -0.4 is 9.47 Å². The summed E-state index contributed by atoms with van der Waals surface area (Å²) in [6.45, 7) is 1.96. The number of aliphatic hydroxyl groups excluding tert-OH is 1. The van der Waals surface area contributed by atoms with Crippen molar-refractivity contribution in [3.63, 3.8) is 0 Å². The smallest absolute Gasteiger partial charge is 0.166 e.